The summed E-state index contributed by atoms with van der Waals surface area (Å²) in [4.78, 5) is 3.06. The zero-order valence-corrected chi connectivity index (χ0v) is 13.4. The van der Waals surface area contributed by atoms with Crippen LogP contribution in [0.3, 0.4) is 0 Å². The topological polar surface area (TPSA) is 48.8 Å². The molecule has 0 N–H and O–H groups in total. The summed E-state index contributed by atoms with van der Waals surface area (Å²) in [5, 5.41) is 5.19. The van der Waals surface area contributed by atoms with Gasteiger partial charge >= 0.3 is 0 Å². The maximum atomic E-state index is 8.93. The average Bonchev–Trinajstić information content (AvgIpc) is 2.53. The van der Waals surface area contributed by atoms with Gasteiger partial charge < -0.3 is 0 Å². The number of azide groups is 1. The third-order valence-electron chi connectivity index (χ3n) is 4.26. The van der Waals surface area contributed by atoms with Crippen molar-refractivity contribution in [2.45, 2.75) is 25.3 Å². The number of aryl methyl sites for hydroxylation is 1. The van der Waals surface area contributed by atoms with Crippen molar-refractivity contribution in [1.29, 1.82) is 0 Å². The molecule has 1 aliphatic carbocycles. The Kier molecular flexibility index (Phi) is 4.58. The fourth-order valence-corrected chi connectivity index (χ4v) is 3.52. The van der Waals surface area contributed by atoms with Gasteiger partial charge in [0.2, 0.25) is 0 Å². The van der Waals surface area contributed by atoms with E-state index in [0.717, 1.165) is 30.4 Å². The Morgan fingerprint density at radius 2 is 1.95 bits per heavy atom. The number of halogens is 2. The van der Waals surface area contributed by atoms with E-state index in [1.165, 1.54) is 5.56 Å². The Bertz CT molecular complexity index is 738. The highest BCUT2D eigenvalue weighted by Crippen LogP contribution is 2.39. The maximum Gasteiger partial charge on any atom is 0.0659 e. The summed E-state index contributed by atoms with van der Waals surface area (Å²) < 4.78 is 0. The second-order valence-corrected chi connectivity index (χ2v) is 6.41. The van der Waals surface area contributed by atoms with Gasteiger partial charge in [0.05, 0.1) is 16.1 Å². The summed E-state index contributed by atoms with van der Waals surface area (Å²) in [5.74, 6) is 0.281. The molecule has 0 aromatic heterocycles. The molecule has 0 bridgehead atoms. The predicted octanol–water partition coefficient (Wildman–Crippen LogP) is 6.15. The fraction of sp³-hybridized carbons (Fsp3) is 0.294. The molecule has 0 aliphatic heterocycles. The van der Waals surface area contributed by atoms with Crippen molar-refractivity contribution in [3.05, 3.63) is 79.6 Å². The number of fused-ring (bicyclic) bond motifs is 1. The summed E-state index contributed by atoms with van der Waals surface area (Å²) in [6.07, 6.45) is 2.84. The lowest BCUT2D eigenvalue weighted by Crippen LogP contribution is -2.21. The fourth-order valence-electron chi connectivity index (χ4n) is 3.20. The van der Waals surface area contributed by atoms with Crippen molar-refractivity contribution in [2.24, 2.45) is 11.0 Å². The number of rotatable bonds is 3. The van der Waals surface area contributed by atoms with Gasteiger partial charge in [0, 0.05) is 4.91 Å². The molecule has 3 rings (SSSR count). The number of benzene rings is 2. The lowest BCUT2D eigenvalue weighted by atomic mass is 9.77. The molecular weight excluding hydrogens is 317 g/mol. The van der Waals surface area contributed by atoms with E-state index in [2.05, 4.69) is 22.2 Å². The van der Waals surface area contributed by atoms with Gasteiger partial charge in [-0.05, 0) is 59.5 Å². The van der Waals surface area contributed by atoms with Crippen molar-refractivity contribution >= 4 is 23.2 Å². The van der Waals surface area contributed by atoms with Crippen molar-refractivity contribution in [3.63, 3.8) is 0 Å². The minimum Gasteiger partial charge on any atom is -0.0856 e. The van der Waals surface area contributed by atoms with Crippen LogP contribution in [0, 0.1) is 5.92 Å². The summed E-state index contributed by atoms with van der Waals surface area (Å²) >= 11 is 12.1. The number of nitrogens with zero attached hydrogens (tertiary/aromatic N) is 3. The molecule has 0 saturated heterocycles. The molecule has 0 fully saturated rings. The van der Waals surface area contributed by atoms with Crippen LogP contribution in [0.2, 0.25) is 10.0 Å². The van der Waals surface area contributed by atoms with E-state index in [9.17, 15) is 0 Å². The molecule has 0 saturated carbocycles. The van der Waals surface area contributed by atoms with E-state index in [0.29, 0.717) is 10.0 Å². The summed E-state index contributed by atoms with van der Waals surface area (Å²) in [7, 11) is 0. The smallest absolute Gasteiger partial charge is 0.0659 e. The van der Waals surface area contributed by atoms with Gasteiger partial charge in [-0.25, -0.2) is 0 Å². The molecule has 0 amide bonds. The highest BCUT2D eigenvalue weighted by Gasteiger charge is 2.28. The highest BCUT2D eigenvalue weighted by molar-refractivity contribution is 6.42. The van der Waals surface area contributed by atoms with Gasteiger partial charge in [0.1, 0.15) is 0 Å². The minimum atomic E-state index is -0.121. The van der Waals surface area contributed by atoms with Gasteiger partial charge in [-0.2, -0.15) is 0 Å². The molecular formula is C17H15Cl2N3. The predicted molar refractivity (Wildman–Crippen MR) is 90.3 cm³/mol. The standard InChI is InChI=1S/C17H15Cl2N3/c18-15-8-5-11(10-16(15)19)9-13-7-6-12-3-1-2-4-14(12)17(13)21-22-20/h1-5,8,10,13,17H,6-7,9H2. The van der Waals surface area contributed by atoms with Crippen LogP contribution in [0.1, 0.15) is 29.2 Å². The van der Waals surface area contributed by atoms with Crippen LogP contribution < -0.4 is 0 Å². The molecule has 1 aliphatic rings. The zero-order valence-electron chi connectivity index (χ0n) is 11.9. The molecule has 0 heterocycles. The Balaban J connectivity index is 1.90. The van der Waals surface area contributed by atoms with Crippen LogP contribution in [0.5, 0.6) is 0 Å². The maximum absolute atomic E-state index is 8.93. The van der Waals surface area contributed by atoms with Crippen LogP contribution >= 0.6 is 23.2 Å². The van der Waals surface area contributed by atoms with E-state index in [1.54, 1.807) is 0 Å². The van der Waals surface area contributed by atoms with Crippen molar-refractivity contribution < 1.29 is 0 Å². The largest absolute Gasteiger partial charge is 0.0856 e. The van der Waals surface area contributed by atoms with Crippen LogP contribution in [-0.2, 0) is 12.8 Å². The first-order chi connectivity index (χ1) is 10.7. The summed E-state index contributed by atoms with van der Waals surface area (Å²) in [6, 6.07) is 13.8. The van der Waals surface area contributed by atoms with E-state index in [4.69, 9.17) is 28.7 Å². The Labute approximate surface area is 139 Å². The summed E-state index contributed by atoms with van der Waals surface area (Å²) in [6.45, 7) is 0. The Morgan fingerprint density at radius 1 is 1.14 bits per heavy atom. The Morgan fingerprint density at radius 3 is 2.73 bits per heavy atom. The molecule has 2 atom stereocenters. The molecule has 112 valence electrons. The van der Waals surface area contributed by atoms with E-state index in [-0.39, 0.29) is 12.0 Å². The molecule has 2 aromatic rings. The van der Waals surface area contributed by atoms with E-state index < -0.39 is 0 Å². The summed E-state index contributed by atoms with van der Waals surface area (Å²) in [5.41, 5.74) is 12.5. The Hall–Kier alpha value is -1.67. The molecule has 2 aromatic carbocycles. The minimum absolute atomic E-state index is 0.121. The monoisotopic (exact) mass is 331 g/mol. The van der Waals surface area contributed by atoms with Crippen molar-refractivity contribution in [2.75, 3.05) is 0 Å². The molecule has 3 nitrogen and oxygen atoms in total. The van der Waals surface area contributed by atoms with Crippen LogP contribution in [0.4, 0.5) is 0 Å². The number of hydrogen-bond donors (Lipinski definition) is 0. The lowest BCUT2D eigenvalue weighted by molar-refractivity contribution is 0.376. The molecule has 22 heavy (non-hydrogen) atoms. The van der Waals surface area contributed by atoms with E-state index >= 15 is 0 Å². The SMILES string of the molecule is [N-]=[N+]=NC1c2ccccc2CCC1Cc1ccc(Cl)c(Cl)c1. The average molecular weight is 332 g/mol. The molecule has 2 unspecified atom stereocenters. The third kappa shape index (κ3) is 3.07. The second-order valence-electron chi connectivity index (χ2n) is 5.60. The first kappa shape index (κ1) is 15.2. The quantitative estimate of drug-likeness (QED) is 0.368. The molecule has 0 radical (unpaired) electrons. The number of hydrogen-bond acceptors (Lipinski definition) is 1. The first-order valence-electron chi connectivity index (χ1n) is 7.25. The van der Waals surface area contributed by atoms with Crippen molar-refractivity contribution in [3.8, 4) is 0 Å². The zero-order chi connectivity index (χ0) is 15.5. The lowest BCUT2D eigenvalue weighted by Gasteiger charge is -2.31. The normalized spacial score (nSPS) is 20.1. The van der Waals surface area contributed by atoms with Gasteiger partial charge in [0.25, 0.3) is 0 Å². The molecule has 5 heteroatoms. The highest BCUT2D eigenvalue weighted by atomic mass is 35.5. The van der Waals surface area contributed by atoms with Crippen LogP contribution in [0.25, 0.3) is 10.4 Å². The van der Waals surface area contributed by atoms with Gasteiger partial charge in [-0.1, -0.05) is 58.6 Å². The molecule has 0 spiro atoms. The van der Waals surface area contributed by atoms with E-state index in [1.807, 2.05) is 30.3 Å². The first-order valence-corrected chi connectivity index (χ1v) is 8.00. The second kappa shape index (κ2) is 6.62. The van der Waals surface area contributed by atoms with Gasteiger partial charge in [-0.3, -0.25) is 0 Å². The van der Waals surface area contributed by atoms with Crippen LogP contribution in [0.15, 0.2) is 47.6 Å². The van der Waals surface area contributed by atoms with Crippen molar-refractivity contribution in [1.82, 2.24) is 0 Å². The van der Waals surface area contributed by atoms with Crippen LogP contribution in [-0.4, -0.2) is 0 Å². The van der Waals surface area contributed by atoms with Gasteiger partial charge in [0.15, 0.2) is 0 Å². The third-order valence-corrected chi connectivity index (χ3v) is 5.00. The van der Waals surface area contributed by atoms with Gasteiger partial charge in [-0.15, -0.1) is 0 Å².